The van der Waals surface area contributed by atoms with Crippen molar-refractivity contribution in [2.45, 2.75) is 19.1 Å². The van der Waals surface area contributed by atoms with Crippen LogP contribution in [0.1, 0.15) is 6.92 Å². The van der Waals surface area contributed by atoms with Gasteiger partial charge in [0.1, 0.15) is 18.0 Å². The fourth-order valence-electron chi connectivity index (χ4n) is 0.996. The van der Waals surface area contributed by atoms with Crippen LogP contribution < -0.4 is 0 Å². The van der Waals surface area contributed by atoms with Crippen molar-refractivity contribution in [1.82, 2.24) is 0 Å². The van der Waals surface area contributed by atoms with Gasteiger partial charge in [-0.3, -0.25) is 4.18 Å². The Hall–Kier alpha value is -0.880. The predicted molar refractivity (Wildman–Crippen MR) is 44.4 cm³/mol. The van der Waals surface area contributed by atoms with Crippen LogP contribution in [0.5, 0.6) is 0 Å². The third-order valence-electron chi connectivity index (χ3n) is 1.62. The fourth-order valence-corrected chi connectivity index (χ4v) is 2.40. The highest BCUT2D eigenvalue weighted by Crippen LogP contribution is 2.19. The minimum absolute atomic E-state index is 0.284. The van der Waals surface area contributed by atoms with Crippen molar-refractivity contribution in [3.05, 3.63) is 12.7 Å². The van der Waals surface area contributed by atoms with E-state index in [-0.39, 0.29) is 5.75 Å². The summed E-state index contributed by atoms with van der Waals surface area (Å²) in [5, 5.41) is 0. The number of hydrogen-bond acceptors (Lipinski definition) is 5. The van der Waals surface area contributed by atoms with Gasteiger partial charge in [0.15, 0.2) is 0 Å². The lowest BCUT2D eigenvalue weighted by molar-refractivity contribution is -0.144. The van der Waals surface area contributed by atoms with Gasteiger partial charge in [0.05, 0.1) is 0 Å². The smallest absolute Gasteiger partial charge is 0.330 e. The Morgan fingerprint density at radius 1 is 1.69 bits per heavy atom. The van der Waals surface area contributed by atoms with Gasteiger partial charge in [0.2, 0.25) is 0 Å². The van der Waals surface area contributed by atoms with Gasteiger partial charge in [0.25, 0.3) is 10.1 Å². The molecule has 6 heteroatoms. The molecule has 74 valence electrons. The molecule has 0 aliphatic carbocycles. The van der Waals surface area contributed by atoms with Gasteiger partial charge in [-0.05, 0) is 6.92 Å². The monoisotopic (exact) mass is 206 g/mol. The Balaban J connectivity index is 2.63. The Morgan fingerprint density at radius 3 is 2.69 bits per heavy atom. The fraction of sp³-hybridized carbons (Fsp3) is 0.571. The SMILES string of the molecule is C=CC(=O)OC1CS(=O)(=O)OC1C. The lowest BCUT2D eigenvalue weighted by Crippen LogP contribution is -2.26. The van der Waals surface area contributed by atoms with Crippen LogP contribution in [0.15, 0.2) is 12.7 Å². The average Bonchev–Trinajstić information content (AvgIpc) is 2.24. The average molecular weight is 206 g/mol. The summed E-state index contributed by atoms with van der Waals surface area (Å²) in [4.78, 5) is 10.7. The van der Waals surface area contributed by atoms with Gasteiger partial charge in [-0.1, -0.05) is 6.58 Å². The molecular weight excluding hydrogens is 196 g/mol. The zero-order valence-corrected chi connectivity index (χ0v) is 7.91. The van der Waals surface area contributed by atoms with Crippen molar-refractivity contribution < 1.29 is 22.1 Å². The highest BCUT2D eigenvalue weighted by molar-refractivity contribution is 7.87. The quantitative estimate of drug-likeness (QED) is 0.356. The van der Waals surface area contributed by atoms with E-state index in [1.165, 1.54) is 6.92 Å². The molecule has 2 unspecified atom stereocenters. The van der Waals surface area contributed by atoms with E-state index in [2.05, 4.69) is 10.8 Å². The molecule has 1 aliphatic rings. The highest BCUT2D eigenvalue weighted by atomic mass is 32.2. The van der Waals surface area contributed by atoms with Gasteiger partial charge in [-0.15, -0.1) is 0 Å². The molecule has 1 heterocycles. The molecule has 13 heavy (non-hydrogen) atoms. The van der Waals surface area contributed by atoms with Crippen molar-refractivity contribution in [2.24, 2.45) is 0 Å². The Labute approximate surface area is 76.5 Å². The number of hydrogen-bond donors (Lipinski definition) is 0. The minimum atomic E-state index is -3.51. The summed E-state index contributed by atoms with van der Waals surface area (Å²) >= 11 is 0. The molecular formula is C7H10O5S. The molecule has 0 saturated carbocycles. The lowest BCUT2D eigenvalue weighted by atomic mass is 10.2. The van der Waals surface area contributed by atoms with E-state index in [0.717, 1.165) is 6.08 Å². The third kappa shape index (κ3) is 2.53. The highest BCUT2D eigenvalue weighted by Gasteiger charge is 2.38. The van der Waals surface area contributed by atoms with Crippen molar-refractivity contribution in [3.8, 4) is 0 Å². The van der Waals surface area contributed by atoms with Crippen LogP contribution in [-0.2, 0) is 23.8 Å². The second-order valence-electron chi connectivity index (χ2n) is 2.71. The molecule has 1 aliphatic heterocycles. The number of carbonyl (C=O) groups is 1. The Kier molecular flexibility index (Phi) is 2.72. The molecule has 1 rings (SSSR count). The largest absolute Gasteiger partial charge is 0.455 e. The summed E-state index contributed by atoms with van der Waals surface area (Å²) in [5.74, 6) is -0.925. The molecule has 5 nitrogen and oxygen atoms in total. The molecule has 0 amide bonds. The van der Waals surface area contributed by atoms with Crippen LogP contribution in [0.25, 0.3) is 0 Å². The van der Waals surface area contributed by atoms with Crippen LogP contribution >= 0.6 is 0 Å². The maximum absolute atomic E-state index is 10.9. The van der Waals surface area contributed by atoms with Gasteiger partial charge in [-0.25, -0.2) is 4.79 Å². The van der Waals surface area contributed by atoms with E-state index in [1.54, 1.807) is 0 Å². The number of rotatable bonds is 2. The molecule has 0 N–H and O–H groups in total. The molecule has 0 bridgehead atoms. The van der Waals surface area contributed by atoms with Crippen molar-refractivity contribution in [3.63, 3.8) is 0 Å². The Bertz CT molecular complexity index is 318. The number of carbonyl (C=O) groups excluding carboxylic acids is 1. The predicted octanol–water partition coefficient (Wildman–Crippen LogP) is -0.167. The Morgan fingerprint density at radius 2 is 2.31 bits per heavy atom. The summed E-state index contributed by atoms with van der Waals surface area (Å²) in [5.41, 5.74) is 0. The normalized spacial score (nSPS) is 31.2. The molecule has 0 aromatic rings. The standard InChI is InChI=1S/C7H10O5S/c1-3-7(8)11-6-4-13(9,10)12-5(6)2/h3,5-6H,1,4H2,2H3. The second-order valence-corrected chi connectivity index (χ2v) is 4.35. The first kappa shape index (κ1) is 10.2. The van der Waals surface area contributed by atoms with Crippen LogP contribution in [0.3, 0.4) is 0 Å². The molecule has 1 saturated heterocycles. The molecule has 0 radical (unpaired) electrons. The van der Waals surface area contributed by atoms with Crippen LogP contribution in [0, 0.1) is 0 Å². The topological polar surface area (TPSA) is 69.7 Å². The van der Waals surface area contributed by atoms with E-state index >= 15 is 0 Å². The van der Waals surface area contributed by atoms with Gasteiger partial charge in [0, 0.05) is 6.08 Å². The molecule has 0 aromatic heterocycles. The zero-order chi connectivity index (χ0) is 10.1. The summed E-state index contributed by atoms with van der Waals surface area (Å²) in [6.45, 7) is 4.73. The van der Waals surface area contributed by atoms with Gasteiger partial charge < -0.3 is 4.74 Å². The summed E-state index contributed by atoms with van der Waals surface area (Å²) in [7, 11) is -3.51. The molecule has 0 aromatic carbocycles. The molecule has 1 fully saturated rings. The maximum Gasteiger partial charge on any atom is 0.330 e. The van der Waals surface area contributed by atoms with Crippen LogP contribution in [0.4, 0.5) is 0 Å². The van der Waals surface area contributed by atoms with E-state index in [9.17, 15) is 13.2 Å². The summed E-state index contributed by atoms with van der Waals surface area (Å²) in [6.07, 6.45) is -0.359. The van der Waals surface area contributed by atoms with Crippen molar-refractivity contribution >= 4 is 16.1 Å². The first-order valence-corrected chi connectivity index (χ1v) is 5.26. The van der Waals surface area contributed by atoms with E-state index < -0.39 is 28.3 Å². The van der Waals surface area contributed by atoms with Crippen LogP contribution in [0.2, 0.25) is 0 Å². The third-order valence-corrected chi connectivity index (χ3v) is 2.96. The van der Waals surface area contributed by atoms with E-state index in [4.69, 9.17) is 4.74 Å². The minimum Gasteiger partial charge on any atom is -0.455 e. The molecule has 0 spiro atoms. The lowest BCUT2D eigenvalue weighted by Gasteiger charge is -2.10. The summed E-state index contributed by atoms with van der Waals surface area (Å²) in [6, 6.07) is 0. The second kappa shape index (κ2) is 3.47. The van der Waals surface area contributed by atoms with Crippen molar-refractivity contribution in [2.75, 3.05) is 5.75 Å². The van der Waals surface area contributed by atoms with Gasteiger partial charge >= 0.3 is 5.97 Å². The van der Waals surface area contributed by atoms with E-state index in [1.807, 2.05) is 0 Å². The number of ether oxygens (including phenoxy) is 1. The first-order valence-electron chi connectivity index (χ1n) is 3.68. The number of esters is 1. The maximum atomic E-state index is 10.9. The summed E-state index contributed by atoms with van der Waals surface area (Å²) < 4.78 is 31.1. The first-order chi connectivity index (χ1) is 5.94. The van der Waals surface area contributed by atoms with E-state index in [0.29, 0.717) is 0 Å². The van der Waals surface area contributed by atoms with Gasteiger partial charge in [-0.2, -0.15) is 8.42 Å². The van der Waals surface area contributed by atoms with Crippen molar-refractivity contribution in [1.29, 1.82) is 0 Å². The van der Waals surface area contributed by atoms with Crippen LogP contribution in [-0.4, -0.2) is 32.3 Å². The molecule has 2 atom stereocenters. The zero-order valence-electron chi connectivity index (χ0n) is 7.10.